The molecule has 5 nitrogen and oxygen atoms in total. The molecule has 0 radical (unpaired) electrons. The number of benzene rings is 1. The summed E-state index contributed by atoms with van der Waals surface area (Å²) in [6.07, 6.45) is -7.81. The Hall–Kier alpha value is -2.64. The average molecular weight is 423 g/mol. The quantitative estimate of drug-likeness (QED) is 0.571. The summed E-state index contributed by atoms with van der Waals surface area (Å²) in [5, 5.41) is 21.2. The smallest absolute Gasteiger partial charge is 0.416 e. The predicted molar refractivity (Wildman–Crippen MR) is 85.2 cm³/mol. The number of halogens is 7. The lowest BCUT2D eigenvalue weighted by Gasteiger charge is -2.13. The molecule has 0 unspecified atom stereocenters. The Kier molecular flexibility index (Phi) is 4.61. The molecule has 0 atom stereocenters. The van der Waals surface area contributed by atoms with Crippen molar-refractivity contribution in [3.05, 3.63) is 45.1 Å². The van der Waals surface area contributed by atoms with E-state index in [0.29, 0.717) is 18.2 Å². The molecule has 1 aromatic carbocycles. The van der Waals surface area contributed by atoms with Gasteiger partial charge in [0.05, 0.1) is 21.0 Å². The highest BCUT2D eigenvalue weighted by Crippen LogP contribution is 2.39. The molecule has 3 rings (SSSR count). The van der Waals surface area contributed by atoms with E-state index in [1.165, 1.54) is 0 Å². The molecule has 1 N–H and O–H groups in total. The number of nitriles is 1. The Morgan fingerprint density at radius 1 is 1.15 bits per heavy atom. The van der Waals surface area contributed by atoms with Crippen molar-refractivity contribution in [1.82, 2.24) is 14.8 Å². The van der Waals surface area contributed by atoms with Crippen LogP contribution in [0.4, 0.5) is 22.0 Å². The third-order valence-corrected chi connectivity index (χ3v) is 4.13. The van der Waals surface area contributed by atoms with E-state index in [1.807, 2.05) is 0 Å². The van der Waals surface area contributed by atoms with Crippen LogP contribution in [0.1, 0.15) is 23.2 Å². The zero-order valence-corrected chi connectivity index (χ0v) is 14.2. The largest absolute Gasteiger partial charge is 0.493 e. The topological polar surface area (TPSA) is 74.7 Å². The minimum absolute atomic E-state index is 0.309. The second-order valence-corrected chi connectivity index (χ2v) is 6.04. The van der Waals surface area contributed by atoms with Crippen LogP contribution in [-0.2, 0) is 6.18 Å². The lowest BCUT2D eigenvalue weighted by molar-refractivity contribution is -0.137. The zero-order chi connectivity index (χ0) is 20.1. The molecule has 0 amide bonds. The molecule has 12 heteroatoms. The molecular weight excluding hydrogens is 418 g/mol. The molecular formula is C15H5Cl2F5N4O. The van der Waals surface area contributed by atoms with Crippen molar-refractivity contribution in [1.29, 1.82) is 5.26 Å². The van der Waals surface area contributed by atoms with E-state index >= 15 is 0 Å². The fraction of sp³-hybridized carbons (Fsp3) is 0.133. The average Bonchev–Trinajstić information content (AvgIpc) is 2.90. The molecule has 0 saturated carbocycles. The first-order valence-electron chi connectivity index (χ1n) is 6.92. The van der Waals surface area contributed by atoms with Crippen molar-refractivity contribution in [2.75, 3.05) is 0 Å². The summed E-state index contributed by atoms with van der Waals surface area (Å²) in [5.41, 5.74) is -3.07. The van der Waals surface area contributed by atoms with Crippen molar-refractivity contribution < 1.29 is 27.1 Å². The Morgan fingerprint density at radius 3 is 2.22 bits per heavy atom. The van der Waals surface area contributed by atoms with Crippen molar-refractivity contribution in [2.24, 2.45) is 0 Å². The first-order valence-corrected chi connectivity index (χ1v) is 7.67. The van der Waals surface area contributed by atoms with Gasteiger partial charge in [-0.1, -0.05) is 23.2 Å². The maximum absolute atomic E-state index is 13.3. The van der Waals surface area contributed by atoms with E-state index in [9.17, 15) is 32.3 Å². The summed E-state index contributed by atoms with van der Waals surface area (Å²) >= 11 is 11.8. The summed E-state index contributed by atoms with van der Waals surface area (Å²) in [4.78, 5) is 3.65. The van der Waals surface area contributed by atoms with Crippen LogP contribution in [0.3, 0.4) is 0 Å². The van der Waals surface area contributed by atoms with Crippen molar-refractivity contribution in [3.8, 4) is 17.6 Å². The molecule has 3 aromatic rings. The van der Waals surface area contributed by atoms with Gasteiger partial charge in [-0.3, -0.25) is 0 Å². The van der Waals surface area contributed by atoms with Gasteiger partial charge in [0.1, 0.15) is 11.8 Å². The lowest BCUT2D eigenvalue weighted by Crippen LogP contribution is -2.07. The van der Waals surface area contributed by atoms with Gasteiger partial charge in [-0.2, -0.15) is 28.5 Å². The third kappa shape index (κ3) is 3.24. The van der Waals surface area contributed by atoms with Gasteiger partial charge in [0.15, 0.2) is 11.3 Å². The van der Waals surface area contributed by atoms with Crippen LogP contribution in [0, 0.1) is 11.3 Å². The molecule has 0 saturated heterocycles. The predicted octanol–water partition coefficient (Wildman–Crippen LogP) is 5.26. The van der Waals surface area contributed by atoms with Gasteiger partial charge in [0, 0.05) is 11.6 Å². The number of rotatable bonds is 2. The zero-order valence-electron chi connectivity index (χ0n) is 12.7. The highest BCUT2D eigenvalue weighted by atomic mass is 35.5. The summed E-state index contributed by atoms with van der Waals surface area (Å²) in [6, 6.07) is 3.40. The van der Waals surface area contributed by atoms with Gasteiger partial charge in [-0.25, -0.2) is 13.5 Å². The van der Waals surface area contributed by atoms with Gasteiger partial charge >= 0.3 is 6.18 Å². The number of alkyl halides is 5. The SMILES string of the molecule is N#Cc1nn(-c2c(Cl)cc(C(F)(F)F)cc2Cl)c2nc(O)cc(C(F)F)c12. The van der Waals surface area contributed by atoms with Gasteiger partial charge in [-0.05, 0) is 12.1 Å². The van der Waals surface area contributed by atoms with E-state index in [1.54, 1.807) is 6.07 Å². The van der Waals surface area contributed by atoms with Crippen LogP contribution in [-0.4, -0.2) is 19.9 Å². The second-order valence-electron chi connectivity index (χ2n) is 5.23. The van der Waals surface area contributed by atoms with Gasteiger partial charge < -0.3 is 5.11 Å². The minimum Gasteiger partial charge on any atom is -0.493 e. The molecule has 2 heterocycles. The second kappa shape index (κ2) is 6.51. The first kappa shape index (κ1) is 19.1. The van der Waals surface area contributed by atoms with Crippen LogP contribution in [0.15, 0.2) is 18.2 Å². The van der Waals surface area contributed by atoms with E-state index in [0.717, 1.165) is 4.68 Å². The maximum Gasteiger partial charge on any atom is 0.416 e. The molecule has 140 valence electrons. The molecule has 0 bridgehead atoms. The van der Waals surface area contributed by atoms with Crippen LogP contribution in [0.2, 0.25) is 10.0 Å². The summed E-state index contributed by atoms with van der Waals surface area (Å²) < 4.78 is 65.9. The lowest BCUT2D eigenvalue weighted by atomic mass is 10.1. The fourth-order valence-electron chi connectivity index (χ4n) is 2.47. The molecule has 2 aromatic heterocycles. The molecule has 0 fully saturated rings. The minimum atomic E-state index is -4.73. The van der Waals surface area contributed by atoms with Gasteiger partial charge in [0.25, 0.3) is 6.43 Å². The Morgan fingerprint density at radius 2 is 1.74 bits per heavy atom. The highest BCUT2D eigenvalue weighted by molar-refractivity contribution is 6.38. The number of pyridine rings is 1. The number of aromatic nitrogens is 3. The monoisotopic (exact) mass is 422 g/mol. The number of hydrogen-bond acceptors (Lipinski definition) is 4. The van der Waals surface area contributed by atoms with E-state index in [4.69, 9.17) is 23.2 Å². The normalized spacial score (nSPS) is 12.0. The number of fused-ring (bicyclic) bond motifs is 1. The highest BCUT2D eigenvalue weighted by Gasteiger charge is 2.33. The van der Waals surface area contributed by atoms with Gasteiger partial charge in [-0.15, -0.1) is 0 Å². The standard InChI is InChI=1S/C15H5Cl2F5N4O/c16-7-1-5(15(20,21)22)2-8(17)12(7)26-14-11(9(4-23)25-26)6(13(18)19)3-10(27)24-14/h1-3,13H,(H,24,27). The first-order chi connectivity index (χ1) is 12.5. The summed E-state index contributed by atoms with van der Waals surface area (Å²) in [5.74, 6) is -0.803. The van der Waals surface area contributed by atoms with E-state index < -0.39 is 51.0 Å². The Labute approximate surface area is 157 Å². The van der Waals surface area contributed by atoms with Crippen molar-refractivity contribution >= 4 is 34.2 Å². The van der Waals surface area contributed by atoms with E-state index in [2.05, 4.69) is 10.1 Å². The van der Waals surface area contributed by atoms with Crippen LogP contribution in [0.5, 0.6) is 5.88 Å². The number of nitrogens with zero attached hydrogens (tertiary/aromatic N) is 4. The molecule has 0 aliphatic rings. The van der Waals surface area contributed by atoms with Crippen LogP contribution < -0.4 is 0 Å². The fourth-order valence-corrected chi connectivity index (χ4v) is 3.12. The Balaban J connectivity index is 2.39. The summed E-state index contributed by atoms with van der Waals surface area (Å²) in [7, 11) is 0. The molecule has 0 aliphatic carbocycles. The number of hydrogen-bond donors (Lipinski definition) is 1. The number of aromatic hydroxyl groups is 1. The Bertz CT molecular complexity index is 1080. The summed E-state index contributed by atoms with van der Waals surface area (Å²) in [6.45, 7) is 0. The van der Waals surface area contributed by atoms with Crippen molar-refractivity contribution in [3.63, 3.8) is 0 Å². The van der Waals surface area contributed by atoms with Crippen LogP contribution >= 0.6 is 23.2 Å². The van der Waals surface area contributed by atoms with E-state index in [-0.39, 0.29) is 11.1 Å². The van der Waals surface area contributed by atoms with Gasteiger partial charge in [0.2, 0.25) is 5.88 Å². The maximum atomic E-state index is 13.3. The molecule has 0 spiro atoms. The molecule has 27 heavy (non-hydrogen) atoms. The molecule has 0 aliphatic heterocycles. The third-order valence-electron chi connectivity index (χ3n) is 3.55. The van der Waals surface area contributed by atoms with Crippen molar-refractivity contribution in [2.45, 2.75) is 12.6 Å². The van der Waals surface area contributed by atoms with Crippen LogP contribution in [0.25, 0.3) is 16.7 Å².